The normalized spacial score (nSPS) is 14.9. The molecule has 1 heterocycles. The van der Waals surface area contributed by atoms with Gasteiger partial charge in [0.25, 0.3) is 0 Å². The molecule has 0 saturated heterocycles. The number of rotatable bonds is 4. The molecule has 30 heavy (non-hydrogen) atoms. The van der Waals surface area contributed by atoms with Gasteiger partial charge >= 0.3 is 6.09 Å². The molecule has 1 atom stereocenters. The van der Waals surface area contributed by atoms with Crippen LogP contribution < -0.4 is 5.32 Å². The number of amides is 1. The summed E-state index contributed by atoms with van der Waals surface area (Å²) >= 11 is 1.36. The van der Waals surface area contributed by atoms with Crippen molar-refractivity contribution in [3.63, 3.8) is 0 Å². The van der Waals surface area contributed by atoms with E-state index in [1.165, 1.54) is 24.4 Å². The maximum absolute atomic E-state index is 12.5. The van der Waals surface area contributed by atoms with Gasteiger partial charge in [-0.05, 0) is 68.4 Å². The standard InChI is InChI=1S/C25H24N2O2S/c1-17-22(26-24(28)29-18(2)20-7-5-4-6-8-20)23(30-27-17)21-11-9-19(10-12-21)13-14-25(3)15-16-25/h4-12,18H,15-16H2,1-3H3,(H,26,28). The number of hydrogen-bond donors (Lipinski definition) is 1. The van der Waals surface area contributed by atoms with Crippen LogP contribution in [0.1, 0.15) is 49.6 Å². The van der Waals surface area contributed by atoms with Crippen molar-refractivity contribution in [3.05, 3.63) is 71.4 Å². The minimum absolute atomic E-state index is 0.210. The van der Waals surface area contributed by atoms with Crippen LogP contribution in [-0.4, -0.2) is 10.5 Å². The average Bonchev–Trinajstić information content (AvgIpc) is 3.39. The molecule has 0 aliphatic heterocycles. The van der Waals surface area contributed by atoms with Crippen molar-refractivity contribution in [2.24, 2.45) is 5.41 Å². The van der Waals surface area contributed by atoms with Crippen LogP contribution >= 0.6 is 11.5 Å². The van der Waals surface area contributed by atoms with E-state index in [2.05, 4.69) is 28.5 Å². The van der Waals surface area contributed by atoms with Crippen LogP contribution in [0, 0.1) is 24.2 Å². The number of nitrogens with one attached hydrogen (secondary N) is 1. The van der Waals surface area contributed by atoms with Crippen LogP contribution in [0.3, 0.4) is 0 Å². The fourth-order valence-electron chi connectivity index (χ4n) is 3.04. The fourth-order valence-corrected chi connectivity index (χ4v) is 3.89. The van der Waals surface area contributed by atoms with E-state index in [0.717, 1.165) is 27.3 Å². The number of ether oxygens (including phenoxy) is 1. The predicted molar refractivity (Wildman–Crippen MR) is 121 cm³/mol. The lowest BCUT2D eigenvalue weighted by Crippen LogP contribution is -2.16. The third-order valence-corrected chi connectivity index (χ3v) is 6.29. The summed E-state index contributed by atoms with van der Waals surface area (Å²) in [7, 11) is 0. The van der Waals surface area contributed by atoms with Crippen molar-refractivity contribution in [1.82, 2.24) is 4.37 Å². The van der Waals surface area contributed by atoms with E-state index in [9.17, 15) is 4.79 Å². The summed E-state index contributed by atoms with van der Waals surface area (Å²) in [5, 5.41) is 2.88. The van der Waals surface area contributed by atoms with Gasteiger partial charge in [0, 0.05) is 11.0 Å². The number of carbonyl (C=O) groups excluding carboxylic acids is 1. The fraction of sp³-hybridized carbons (Fsp3) is 0.280. The first-order valence-corrected chi connectivity index (χ1v) is 10.8. The van der Waals surface area contributed by atoms with Gasteiger partial charge in [0.2, 0.25) is 0 Å². The SMILES string of the molecule is Cc1nsc(-c2ccc(C#CC3(C)CC3)cc2)c1NC(=O)OC(C)c1ccccc1. The van der Waals surface area contributed by atoms with Gasteiger partial charge < -0.3 is 4.74 Å². The molecule has 1 aliphatic carbocycles. The number of benzene rings is 2. The lowest BCUT2D eigenvalue weighted by molar-refractivity contribution is 0.121. The predicted octanol–water partition coefficient (Wildman–Crippen LogP) is 6.58. The van der Waals surface area contributed by atoms with Gasteiger partial charge in [-0.3, -0.25) is 5.32 Å². The van der Waals surface area contributed by atoms with Gasteiger partial charge in [-0.15, -0.1) is 0 Å². The van der Waals surface area contributed by atoms with Crippen LogP contribution in [0.2, 0.25) is 0 Å². The molecule has 3 aromatic rings. The molecule has 2 aromatic carbocycles. The van der Waals surface area contributed by atoms with E-state index in [4.69, 9.17) is 4.74 Å². The summed E-state index contributed by atoms with van der Waals surface area (Å²) in [6.45, 7) is 5.94. The molecule has 5 heteroatoms. The molecule has 1 unspecified atom stereocenters. The van der Waals surface area contributed by atoms with E-state index >= 15 is 0 Å². The second-order valence-corrected chi connectivity index (χ2v) is 8.72. The summed E-state index contributed by atoms with van der Waals surface area (Å²) in [5.74, 6) is 6.61. The maximum Gasteiger partial charge on any atom is 0.412 e. The molecule has 1 aromatic heterocycles. The lowest BCUT2D eigenvalue weighted by atomic mass is 10.1. The molecular formula is C25H24N2O2S. The monoisotopic (exact) mass is 416 g/mol. The van der Waals surface area contributed by atoms with Crippen LogP contribution in [-0.2, 0) is 4.74 Å². The first-order valence-electron chi connectivity index (χ1n) is 10.1. The molecule has 1 saturated carbocycles. The molecule has 0 radical (unpaired) electrons. The first-order chi connectivity index (χ1) is 14.4. The topological polar surface area (TPSA) is 51.2 Å². The molecule has 1 aliphatic rings. The molecular weight excluding hydrogens is 392 g/mol. The highest BCUT2D eigenvalue weighted by molar-refractivity contribution is 7.10. The molecule has 152 valence electrons. The van der Waals surface area contributed by atoms with Crippen LogP contribution in [0.25, 0.3) is 10.4 Å². The van der Waals surface area contributed by atoms with Crippen LogP contribution in [0.4, 0.5) is 10.5 Å². The molecule has 0 spiro atoms. The summed E-state index contributed by atoms with van der Waals surface area (Å²) in [6.07, 6.45) is 1.54. The summed E-state index contributed by atoms with van der Waals surface area (Å²) < 4.78 is 9.98. The summed E-state index contributed by atoms with van der Waals surface area (Å²) in [4.78, 5) is 13.4. The number of nitrogens with zero attached hydrogens (tertiary/aromatic N) is 1. The Labute approximate surface area is 181 Å². The molecule has 4 nitrogen and oxygen atoms in total. The molecule has 1 amide bonds. The highest BCUT2D eigenvalue weighted by Gasteiger charge is 2.35. The first kappa shape index (κ1) is 20.2. The van der Waals surface area contributed by atoms with E-state index in [1.807, 2.05) is 68.4 Å². The van der Waals surface area contributed by atoms with Gasteiger partial charge in [0.05, 0.1) is 16.3 Å². The Hall–Kier alpha value is -3.10. The smallest absolute Gasteiger partial charge is 0.412 e. The zero-order valence-corrected chi connectivity index (χ0v) is 18.2. The Balaban J connectivity index is 1.47. The van der Waals surface area contributed by atoms with Crippen LogP contribution in [0.5, 0.6) is 0 Å². The largest absolute Gasteiger partial charge is 0.441 e. The van der Waals surface area contributed by atoms with Gasteiger partial charge in [-0.25, -0.2) is 4.79 Å². The lowest BCUT2D eigenvalue weighted by Gasteiger charge is -2.14. The second-order valence-electron chi connectivity index (χ2n) is 7.94. The van der Waals surface area contributed by atoms with Gasteiger partial charge in [0.1, 0.15) is 6.10 Å². The van der Waals surface area contributed by atoms with Crippen molar-refractivity contribution < 1.29 is 9.53 Å². The minimum Gasteiger partial charge on any atom is -0.441 e. The van der Waals surface area contributed by atoms with E-state index in [0.29, 0.717) is 5.69 Å². The Morgan fingerprint density at radius 2 is 1.87 bits per heavy atom. The maximum atomic E-state index is 12.5. The van der Waals surface area contributed by atoms with Gasteiger partial charge in [-0.1, -0.05) is 54.3 Å². The number of aromatic nitrogens is 1. The highest BCUT2D eigenvalue weighted by atomic mass is 32.1. The van der Waals surface area contributed by atoms with Crippen LogP contribution in [0.15, 0.2) is 54.6 Å². The Morgan fingerprint density at radius 1 is 1.17 bits per heavy atom. The number of aryl methyl sites for hydroxylation is 1. The number of hydrogen-bond acceptors (Lipinski definition) is 4. The van der Waals surface area contributed by atoms with Gasteiger partial charge in [-0.2, -0.15) is 4.37 Å². The van der Waals surface area contributed by atoms with E-state index < -0.39 is 6.09 Å². The Kier molecular flexibility index (Phi) is 5.61. The third kappa shape index (κ3) is 4.72. The average molecular weight is 417 g/mol. The number of carbonyl (C=O) groups is 1. The molecule has 1 N–H and O–H groups in total. The quantitative estimate of drug-likeness (QED) is 0.489. The summed E-state index contributed by atoms with van der Waals surface area (Å²) in [5.41, 5.74) is 4.61. The highest BCUT2D eigenvalue weighted by Crippen LogP contribution is 2.44. The zero-order valence-electron chi connectivity index (χ0n) is 17.4. The van der Waals surface area contributed by atoms with E-state index in [-0.39, 0.29) is 11.5 Å². The molecule has 0 bridgehead atoms. The van der Waals surface area contributed by atoms with Crippen molar-refractivity contribution in [2.45, 2.75) is 39.7 Å². The molecule has 1 fully saturated rings. The zero-order chi connectivity index (χ0) is 21.1. The van der Waals surface area contributed by atoms with Crippen molar-refractivity contribution >= 4 is 23.3 Å². The Morgan fingerprint density at radius 3 is 2.53 bits per heavy atom. The molecule has 4 rings (SSSR count). The van der Waals surface area contributed by atoms with Crippen molar-refractivity contribution in [2.75, 3.05) is 5.32 Å². The van der Waals surface area contributed by atoms with E-state index in [1.54, 1.807) is 0 Å². The number of anilines is 1. The summed E-state index contributed by atoms with van der Waals surface area (Å²) in [6, 6.07) is 17.8. The third-order valence-electron chi connectivity index (χ3n) is 5.30. The Bertz CT molecular complexity index is 1100. The second kappa shape index (κ2) is 8.33. The van der Waals surface area contributed by atoms with Gasteiger partial charge in [0.15, 0.2) is 0 Å². The van der Waals surface area contributed by atoms with Crippen molar-refractivity contribution in [1.29, 1.82) is 0 Å². The minimum atomic E-state index is -0.490. The van der Waals surface area contributed by atoms with Crippen molar-refractivity contribution in [3.8, 4) is 22.3 Å².